The molecule has 1 unspecified atom stereocenters. The lowest BCUT2D eigenvalue weighted by Crippen LogP contribution is -1.92. The maximum atomic E-state index is 9.93. The van der Waals surface area contributed by atoms with Crippen molar-refractivity contribution in [1.82, 2.24) is 0 Å². The van der Waals surface area contributed by atoms with E-state index in [9.17, 15) is 5.11 Å². The maximum Gasteiger partial charge on any atom is 0.0870 e. The fraction of sp³-hybridized carbons (Fsp3) is 1.00. The van der Waals surface area contributed by atoms with Gasteiger partial charge >= 0.3 is 0 Å². The van der Waals surface area contributed by atoms with Crippen LogP contribution in [0.5, 0.6) is 0 Å². The summed E-state index contributed by atoms with van der Waals surface area (Å²) in [7, 11) is 1.06. The molecule has 0 N–H and O–H groups in total. The van der Waals surface area contributed by atoms with Crippen LogP contribution in [0.3, 0.4) is 0 Å². The van der Waals surface area contributed by atoms with Gasteiger partial charge in [0, 0.05) is 10.2 Å². The smallest absolute Gasteiger partial charge is 0.0870 e. The molecule has 0 aliphatic heterocycles. The molecule has 0 saturated carbocycles. The zero-order valence-electron chi connectivity index (χ0n) is 3.69. The molecule has 5 heavy (non-hydrogen) atoms. The van der Waals surface area contributed by atoms with Gasteiger partial charge in [0.2, 0.25) is 0 Å². The Morgan fingerprint density at radius 3 is 2.20 bits per heavy atom. The first kappa shape index (κ1) is 5.18. The van der Waals surface area contributed by atoms with Crippen LogP contribution in [-0.4, -0.2) is 16.3 Å². The SMILES string of the molecule is CC([O])C[SiH3]. The Kier molecular flexibility index (Phi) is 2.50. The molecule has 1 nitrogen and oxygen atoms in total. The van der Waals surface area contributed by atoms with Gasteiger partial charge < -0.3 is 0 Å². The normalized spacial score (nSPS) is 15.6. The van der Waals surface area contributed by atoms with Crippen molar-refractivity contribution >= 4 is 10.2 Å². The third-order valence-electron chi connectivity index (χ3n) is 0.575. The molecule has 0 aromatic heterocycles. The van der Waals surface area contributed by atoms with Crippen molar-refractivity contribution in [2.24, 2.45) is 0 Å². The molecule has 0 bridgehead atoms. The molecule has 0 aliphatic carbocycles. The van der Waals surface area contributed by atoms with Gasteiger partial charge in [-0.3, -0.25) is 0 Å². The van der Waals surface area contributed by atoms with Crippen LogP contribution < -0.4 is 0 Å². The van der Waals surface area contributed by atoms with Gasteiger partial charge in [-0.15, -0.1) is 0 Å². The van der Waals surface area contributed by atoms with E-state index >= 15 is 0 Å². The van der Waals surface area contributed by atoms with Crippen molar-refractivity contribution in [2.75, 3.05) is 0 Å². The molecule has 0 rings (SSSR count). The van der Waals surface area contributed by atoms with Gasteiger partial charge in [-0.1, -0.05) is 0 Å². The van der Waals surface area contributed by atoms with Crippen molar-refractivity contribution < 1.29 is 5.11 Å². The Morgan fingerprint density at radius 2 is 2.20 bits per heavy atom. The highest BCUT2D eigenvalue weighted by molar-refractivity contribution is 6.08. The zero-order valence-corrected chi connectivity index (χ0v) is 5.69. The van der Waals surface area contributed by atoms with E-state index in [0.717, 1.165) is 16.3 Å². The zero-order chi connectivity index (χ0) is 4.28. The van der Waals surface area contributed by atoms with E-state index in [4.69, 9.17) is 0 Å². The van der Waals surface area contributed by atoms with E-state index in [2.05, 4.69) is 0 Å². The van der Waals surface area contributed by atoms with Crippen LogP contribution >= 0.6 is 0 Å². The van der Waals surface area contributed by atoms with E-state index in [-0.39, 0.29) is 6.10 Å². The second kappa shape index (κ2) is 2.42. The van der Waals surface area contributed by atoms with Crippen molar-refractivity contribution in [3.05, 3.63) is 0 Å². The molecule has 1 radical (unpaired) electrons. The lowest BCUT2D eigenvalue weighted by Gasteiger charge is -1.86. The Bertz CT molecular complexity index is 20.9. The van der Waals surface area contributed by atoms with Gasteiger partial charge in [-0.2, -0.15) is 0 Å². The summed E-state index contributed by atoms with van der Waals surface area (Å²) in [5.74, 6) is 0. The highest BCUT2D eigenvalue weighted by atomic mass is 28.1. The summed E-state index contributed by atoms with van der Waals surface area (Å²) in [5.41, 5.74) is 0. The van der Waals surface area contributed by atoms with E-state index in [1.165, 1.54) is 0 Å². The fourth-order valence-electron chi connectivity index (χ4n) is 0. The summed E-state index contributed by atoms with van der Waals surface area (Å²) in [6, 6.07) is 0.889. The summed E-state index contributed by atoms with van der Waals surface area (Å²) in [5, 5.41) is 9.93. The Balaban J connectivity index is 2.54. The molecular weight excluding hydrogens is 80.1 g/mol. The number of hydrogen-bond donors (Lipinski definition) is 0. The monoisotopic (exact) mass is 89.0 g/mol. The van der Waals surface area contributed by atoms with Crippen LogP contribution in [0.1, 0.15) is 6.92 Å². The molecule has 2 heteroatoms. The predicted octanol–water partition coefficient (Wildman–Crippen LogP) is -0.411. The quantitative estimate of drug-likeness (QED) is 0.389. The van der Waals surface area contributed by atoms with E-state index in [0.29, 0.717) is 0 Å². The number of hydrogen-bond acceptors (Lipinski definition) is 0. The van der Waals surface area contributed by atoms with Gasteiger partial charge in [0.05, 0.1) is 6.10 Å². The van der Waals surface area contributed by atoms with Crippen LogP contribution in [0.2, 0.25) is 6.04 Å². The molecule has 0 aliphatic rings. The first-order chi connectivity index (χ1) is 2.27. The van der Waals surface area contributed by atoms with Crippen LogP contribution in [-0.2, 0) is 5.11 Å². The first-order valence-corrected chi connectivity index (χ1v) is 3.34. The van der Waals surface area contributed by atoms with Crippen LogP contribution in [0.4, 0.5) is 0 Å². The average molecular weight is 89.2 g/mol. The largest absolute Gasteiger partial charge is 0.234 e. The van der Waals surface area contributed by atoms with Crippen molar-refractivity contribution in [1.29, 1.82) is 0 Å². The second-order valence-corrected chi connectivity index (χ2v) is 2.04. The standard InChI is InChI=1S/C3H9OSi/c1-3(4)2-5/h3H,2H2,1,5H3. The number of rotatable bonds is 1. The predicted molar refractivity (Wildman–Crippen MR) is 24.9 cm³/mol. The molecule has 0 fully saturated rings. The molecule has 0 amide bonds. The molecule has 1 atom stereocenters. The Hall–Kier alpha value is 0.177. The van der Waals surface area contributed by atoms with E-state index in [1.54, 1.807) is 6.92 Å². The van der Waals surface area contributed by atoms with Gasteiger partial charge in [0.1, 0.15) is 0 Å². The van der Waals surface area contributed by atoms with Crippen molar-refractivity contribution in [3.8, 4) is 0 Å². The fourth-order valence-corrected chi connectivity index (χ4v) is 0. The lowest BCUT2D eigenvalue weighted by molar-refractivity contribution is 0.123. The summed E-state index contributed by atoms with van der Waals surface area (Å²) in [6.07, 6.45) is -0.304. The molecular formula is C3H9OSi. The molecule has 0 aromatic carbocycles. The summed E-state index contributed by atoms with van der Waals surface area (Å²) >= 11 is 0. The third kappa shape index (κ3) is 4.18. The van der Waals surface area contributed by atoms with Crippen molar-refractivity contribution in [3.63, 3.8) is 0 Å². The minimum absolute atomic E-state index is 0.304. The molecule has 0 saturated heterocycles. The molecule has 0 heterocycles. The lowest BCUT2D eigenvalue weighted by atomic mass is 10.5. The summed E-state index contributed by atoms with van der Waals surface area (Å²) in [4.78, 5) is 0. The summed E-state index contributed by atoms with van der Waals surface area (Å²) in [6.45, 7) is 1.70. The first-order valence-electron chi connectivity index (χ1n) is 1.93. The van der Waals surface area contributed by atoms with Crippen LogP contribution in [0, 0.1) is 0 Å². The van der Waals surface area contributed by atoms with Gasteiger partial charge in [-0.25, -0.2) is 5.11 Å². The second-order valence-electron chi connectivity index (χ2n) is 1.22. The van der Waals surface area contributed by atoms with Crippen LogP contribution in [0.25, 0.3) is 0 Å². The molecule has 31 valence electrons. The third-order valence-corrected chi connectivity index (χ3v) is 1.72. The van der Waals surface area contributed by atoms with Gasteiger partial charge in [0.15, 0.2) is 0 Å². The highest BCUT2D eigenvalue weighted by Gasteiger charge is 1.85. The Morgan fingerprint density at radius 1 is 2.00 bits per heavy atom. The molecule has 0 spiro atoms. The Labute approximate surface area is 35.4 Å². The van der Waals surface area contributed by atoms with Crippen LogP contribution in [0.15, 0.2) is 0 Å². The van der Waals surface area contributed by atoms with Gasteiger partial charge in [-0.05, 0) is 13.0 Å². The minimum atomic E-state index is -0.304. The maximum absolute atomic E-state index is 9.93. The molecule has 0 aromatic rings. The average Bonchev–Trinajstić information content (AvgIpc) is 1.38. The minimum Gasteiger partial charge on any atom is -0.234 e. The topological polar surface area (TPSA) is 19.9 Å². The highest BCUT2D eigenvalue weighted by Crippen LogP contribution is 1.80. The van der Waals surface area contributed by atoms with Gasteiger partial charge in [0.25, 0.3) is 0 Å². The van der Waals surface area contributed by atoms with E-state index < -0.39 is 0 Å². The summed E-state index contributed by atoms with van der Waals surface area (Å²) < 4.78 is 0. The van der Waals surface area contributed by atoms with E-state index in [1.807, 2.05) is 0 Å². The van der Waals surface area contributed by atoms with Crippen molar-refractivity contribution in [2.45, 2.75) is 19.1 Å².